The Balaban J connectivity index is 2.21. The first-order chi connectivity index (χ1) is 8.59. The third kappa shape index (κ3) is 2.56. The van der Waals surface area contributed by atoms with Crippen molar-refractivity contribution in [2.75, 3.05) is 13.2 Å². The van der Waals surface area contributed by atoms with Crippen LogP contribution in [0.15, 0.2) is 18.2 Å². The van der Waals surface area contributed by atoms with Crippen LogP contribution in [0.4, 0.5) is 5.69 Å². The summed E-state index contributed by atoms with van der Waals surface area (Å²) >= 11 is 0. The smallest absolute Gasteiger partial charge is 0.272 e. The first-order valence-electron chi connectivity index (χ1n) is 5.93. The van der Waals surface area contributed by atoms with E-state index in [9.17, 15) is 14.9 Å². The fraction of sp³-hybridized carbons (Fsp3) is 0.462. The molecular formula is C13H15NO4. The zero-order chi connectivity index (χ0) is 13.1. The highest BCUT2D eigenvalue weighted by atomic mass is 16.6. The third-order valence-electron chi connectivity index (χ3n) is 3.35. The molecule has 0 amide bonds. The molecule has 0 radical (unpaired) electrons. The highest BCUT2D eigenvalue weighted by Crippen LogP contribution is 2.24. The van der Waals surface area contributed by atoms with Crippen molar-refractivity contribution in [2.24, 2.45) is 5.92 Å². The van der Waals surface area contributed by atoms with Gasteiger partial charge in [-0.2, -0.15) is 0 Å². The van der Waals surface area contributed by atoms with Gasteiger partial charge < -0.3 is 4.74 Å². The van der Waals surface area contributed by atoms with Crippen molar-refractivity contribution in [2.45, 2.75) is 19.8 Å². The Bertz CT molecular complexity index is 484. The Kier molecular flexibility index (Phi) is 3.72. The maximum Gasteiger partial charge on any atom is 0.272 e. The predicted molar refractivity (Wildman–Crippen MR) is 65.5 cm³/mol. The van der Waals surface area contributed by atoms with Crippen LogP contribution in [0.3, 0.4) is 0 Å². The van der Waals surface area contributed by atoms with Gasteiger partial charge in [-0.25, -0.2) is 0 Å². The van der Waals surface area contributed by atoms with E-state index >= 15 is 0 Å². The van der Waals surface area contributed by atoms with Crippen LogP contribution in [0, 0.1) is 23.0 Å². The lowest BCUT2D eigenvalue weighted by molar-refractivity contribution is -0.385. The summed E-state index contributed by atoms with van der Waals surface area (Å²) in [7, 11) is 0. The molecule has 1 aliphatic heterocycles. The second-order valence-electron chi connectivity index (χ2n) is 4.51. The summed E-state index contributed by atoms with van der Waals surface area (Å²) in [6, 6.07) is 4.98. The standard InChI is InChI=1S/C13H15NO4/c1-9-10(3-2-4-12(9)14(16)17)7-11-8-18-6-5-13(11)15/h2-4,11H,5-8H2,1H3. The van der Waals surface area contributed by atoms with E-state index in [4.69, 9.17) is 4.74 Å². The number of rotatable bonds is 3. The van der Waals surface area contributed by atoms with Gasteiger partial charge in [-0.15, -0.1) is 0 Å². The van der Waals surface area contributed by atoms with Crippen LogP contribution in [-0.4, -0.2) is 23.9 Å². The number of nitro groups is 1. The molecule has 0 spiro atoms. The van der Waals surface area contributed by atoms with Crippen molar-refractivity contribution in [3.63, 3.8) is 0 Å². The van der Waals surface area contributed by atoms with Crippen LogP contribution < -0.4 is 0 Å². The molecule has 1 unspecified atom stereocenters. The summed E-state index contributed by atoms with van der Waals surface area (Å²) in [5.74, 6) is 0.0200. The topological polar surface area (TPSA) is 69.4 Å². The first-order valence-corrected chi connectivity index (χ1v) is 5.93. The Hall–Kier alpha value is -1.75. The van der Waals surface area contributed by atoms with E-state index in [0.29, 0.717) is 31.6 Å². The van der Waals surface area contributed by atoms with Crippen LogP contribution in [0.25, 0.3) is 0 Å². The van der Waals surface area contributed by atoms with Crippen LogP contribution in [0.1, 0.15) is 17.5 Å². The van der Waals surface area contributed by atoms with Gasteiger partial charge in [0.2, 0.25) is 0 Å². The van der Waals surface area contributed by atoms with Crippen LogP contribution >= 0.6 is 0 Å². The van der Waals surface area contributed by atoms with E-state index in [0.717, 1.165) is 5.56 Å². The fourth-order valence-electron chi connectivity index (χ4n) is 2.22. The molecule has 1 aliphatic rings. The molecule has 5 heteroatoms. The van der Waals surface area contributed by atoms with Gasteiger partial charge >= 0.3 is 0 Å². The molecule has 0 bridgehead atoms. The van der Waals surface area contributed by atoms with Gasteiger partial charge in [0.25, 0.3) is 5.69 Å². The Labute approximate surface area is 105 Å². The van der Waals surface area contributed by atoms with Crippen molar-refractivity contribution in [1.29, 1.82) is 0 Å². The van der Waals surface area contributed by atoms with E-state index in [1.54, 1.807) is 13.0 Å². The number of hydrogen-bond acceptors (Lipinski definition) is 4. The minimum Gasteiger partial charge on any atom is -0.380 e. The van der Waals surface area contributed by atoms with Gasteiger partial charge in [-0.1, -0.05) is 12.1 Å². The quantitative estimate of drug-likeness (QED) is 0.607. The van der Waals surface area contributed by atoms with Gasteiger partial charge in [-0.05, 0) is 18.9 Å². The number of nitro benzene ring substituents is 1. The van der Waals surface area contributed by atoms with E-state index in [-0.39, 0.29) is 17.4 Å². The Morgan fingerprint density at radius 3 is 2.94 bits per heavy atom. The monoisotopic (exact) mass is 249 g/mol. The van der Waals surface area contributed by atoms with Gasteiger partial charge in [0.15, 0.2) is 0 Å². The maximum absolute atomic E-state index is 11.7. The number of hydrogen-bond donors (Lipinski definition) is 0. The minimum atomic E-state index is -0.391. The lowest BCUT2D eigenvalue weighted by atomic mass is 9.90. The molecule has 1 atom stereocenters. The van der Waals surface area contributed by atoms with Crippen LogP contribution in [0.5, 0.6) is 0 Å². The fourth-order valence-corrected chi connectivity index (χ4v) is 2.22. The van der Waals surface area contributed by atoms with E-state index in [1.807, 2.05) is 6.07 Å². The Morgan fingerprint density at radius 1 is 1.50 bits per heavy atom. The van der Waals surface area contributed by atoms with Crippen molar-refractivity contribution >= 4 is 11.5 Å². The summed E-state index contributed by atoms with van der Waals surface area (Å²) < 4.78 is 5.29. The largest absolute Gasteiger partial charge is 0.380 e. The molecule has 18 heavy (non-hydrogen) atoms. The molecule has 5 nitrogen and oxygen atoms in total. The van der Waals surface area contributed by atoms with Crippen LogP contribution in [0.2, 0.25) is 0 Å². The second kappa shape index (κ2) is 5.27. The average Bonchev–Trinajstić information content (AvgIpc) is 2.34. The number of benzene rings is 1. The van der Waals surface area contributed by atoms with E-state index in [1.165, 1.54) is 6.07 Å². The molecule has 0 N–H and O–H groups in total. The highest BCUT2D eigenvalue weighted by molar-refractivity contribution is 5.82. The minimum absolute atomic E-state index is 0.108. The number of Topliss-reactive ketones (excluding diaryl/α,β-unsaturated/α-hetero) is 1. The van der Waals surface area contributed by atoms with Gasteiger partial charge in [0.05, 0.1) is 18.1 Å². The molecule has 2 rings (SSSR count). The number of nitrogens with zero attached hydrogens (tertiary/aromatic N) is 1. The molecule has 0 aliphatic carbocycles. The lowest BCUT2D eigenvalue weighted by Gasteiger charge is -2.21. The van der Waals surface area contributed by atoms with Crippen molar-refractivity contribution in [3.8, 4) is 0 Å². The number of carbonyl (C=O) groups is 1. The molecule has 1 heterocycles. The third-order valence-corrected chi connectivity index (χ3v) is 3.35. The molecular weight excluding hydrogens is 234 g/mol. The summed E-state index contributed by atoms with van der Waals surface area (Å²) in [6.07, 6.45) is 0.963. The summed E-state index contributed by atoms with van der Waals surface area (Å²) in [5, 5.41) is 10.8. The summed E-state index contributed by atoms with van der Waals surface area (Å²) in [5.41, 5.74) is 1.60. The molecule has 1 aromatic carbocycles. The van der Waals surface area contributed by atoms with E-state index in [2.05, 4.69) is 0 Å². The zero-order valence-electron chi connectivity index (χ0n) is 10.2. The molecule has 1 fully saturated rings. The normalized spacial score (nSPS) is 19.8. The first kappa shape index (κ1) is 12.7. The summed E-state index contributed by atoms with van der Waals surface area (Å²) in [6.45, 7) is 2.63. The van der Waals surface area contributed by atoms with Crippen molar-refractivity contribution < 1.29 is 14.5 Å². The molecule has 0 aromatic heterocycles. The van der Waals surface area contributed by atoms with Gasteiger partial charge in [0.1, 0.15) is 5.78 Å². The van der Waals surface area contributed by atoms with Crippen molar-refractivity contribution in [1.82, 2.24) is 0 Å². The van der Waals surface area contributed by atoms with Gasteiger partial charge in [0, 0.05) is 24.0 Å². The maximum atomic E-state index is 11.7. The molecule has 0 saturated carbocycles. The number of ketones is 1. The van der Waals surface area contributed by atoms with Crippen LogP contribution in [-0.2, 0) is 16.0 Å². The number of ether oxygens (including phenoxy) is 1. The SMILES string of the molecule is Cc1c(CC2COCCC2=O)cccc1[N+](=O)[O-]. The molecule has 96 valence electrons. The van der Waals surface area contributed by atoms with Gasteiger partial charge in [-0.3, -0.25) is 14.9 Å². The number of carbonyl (C=O) groups excluding carboxylic acids is 1. The molecule has 1 aromatic rings. The van der Waals surface area contributed by atoms with Crippen molar-refractivity contribution in [3.05, 3.63) is 39.4 Å². The lowest BCUT2D eigenvalue weighted by Crippen LogP contribution is -2.29. The molecule has 1 saturated heterocycles. The predicted octanol–water partition coefficient (Wildman–Crippen LogP) is 2.05. The zero-order valence-corrected chi connectivity index (χ0v) is 10.2. The Morgan fingerprint density at radius 2 is 2.28 bits per heavy atom. The second-order valence-corrected chi connectivity index (χ2v) is 4.51. The highest BCUT2D eigenvalue weighted by Gasteiger charge is 2.24. The average molecular weight is 249 g/mol. The summed E-state index contributed by atoms with van der Waals surface area (Å²) in [4.78, 5) is 22.2. The van der Waals surface area contributed by atoms with E-state index < -0.39 is 4.92 Å².